The predicted octanol–water partition coefficient (Wildman–Crippen LogP) is 2.18. The third-order valence-corrected chi connectivity index (χ3v) is 6.76. The molecule has 26 heavy (non-hydrogen) atoms. The van der Waals surface area contributed by atoms with Crippen LogP contribution in [0.2, 0.25) is 0 Å². The van der Waals surface area contributed by atoms with Crippen molar-refractivity contribution in [3.05, 3.63) is 52.9 Å². The summed E-state index contributed by atoms with van der Waals surface area (Å²) >= 11 is 1.17. The Kier molecular flexibility index (Phi) is 7.77. The van der Waals surface area contributed by atoms with E-state index in [0.29, 0.717) is 13.1 Å². The van der Waals surface area contributed by atoms with Gasteiger partial charge in [0.1, 0.15) is 4.21 Å². The van der Waals surface area contributed by atoms with E-state index in [1.807, 2.05) is 25.2 Å². The van der Waals surface area contributed by atoms with Crippen LogP contribution in [0.3, 0.4) is 0 Å². The van der Waals surface area contributed by atoms with Crippen molar-refractivity contribution < 1.29 is 13.2 Å². The molecule has 1 heterocycles. The highest BCUT2D eigenvalue weighted by atomic mass is 32.2. The molecule has 6 nitrogen and oxygen atoms in total. The lowest BCUT2D eigenvalue weighted by Gasteiger charge is -2.16. The summed E-state index contributed by atoms with van der Waals surface area (Å²) in [6, 6.07) is 13.5. The van der Waals surface area contributed by atoms with Crippen molar-refractivity contribution in [3.8, 4) is 0 Å². The van der Waals surface area contributed by atoms with Crippen LogP contribution in [0.15, 0.2) is 46.7 Å². The third kappa shape index (κ3) is 6.87. The van der Waals surface area contributed by atoms with E-state index in [-0.39, 0.29) is 10.1 Å². The Balaban J connectivity index is 1.75. The fraction of sp³-hybridized carbons (Fsp3) is 0.389. The van der Waals surface area contributed by atoms with E-state index in [2.05, 4.69) is 27.1 Å². The van der Waals surface area contributed by atoms with Crippen molar-refractivity contribution in [2.24, 2.45) is 0 Å². The molecule has 0 aliphatic carbocycles. The van der Waals surface area contributed by atoms with Gasteiger partial charge in [-0.15, -0.1) is 11.3 Å². The Hall–Kier alpha value is -1.74. The monoisotopic (exact) mass is 395 g/mol. The van der Waals surface area contributed by atoms with Gasteiger partial charge in [0.05, 0.1) is 6.54 Å². The first-order valence-corrected chi connectivity index (χ1v) is 10.7. The lowest BCUT2D eigenvalue weighted by Crippen LogP contribution is -2.27. The number of benzene rings is 1. The minimum atomic E-state index is -3.50. The van der Waals surface area contributed by atoms with Crippen molar-refractivity contribution in [3.63, 3.8) is 0 Å². The molecule has 0 aliphatic heterocycles. The number of amides is 1. The van der Waals surface area contributed by atoms with Crippen LogP contribution < -0.4 is 10.0 Å². The first-order valence-electron chi connectivity index (χ1n) is 8.42. The van der Waals surface area contributed by atoms with Gasteiger partial charge in [-0.25, -0.2) is 13.1 Å². The molecule has 0 saturated heterocycles. The summed E-state index contributed by atoms with van der Waals surface area (Å²) in [5.74, 6) is -0.138. The minimum absolute atomic E-state index is 0.138. The van der Waals surface area contributed by atoms with Gasteiger partial charge in [0.2, 0.25) is 15.9 Å². The summed E-state index contributed by atoms with van der Waals surface area (Å²) in [4.78, 5) is 13.9. The molecule has 0 atom stereocenters. The zero-order valence-electron chi connectivity index (χ0n) is 15.1. The van der Waals surface area contributed by atoms with Crippen LogP contribution in [0, 0.1) is 0 Å². The highest BCUT2D eigenvalue weighted by molar-refractivity contribution is 7.91. The van der Waals surface area contributed by atoms with Gasteiger partial charge < -0.3 is 10.2 Å². The quantitative estimate of drug-likeness (QED) is 0.605. The zero-order chi connectivity index (χ0) is 19.0. The Labute approximate surface area is 159 Å². The second-order valence-electron chi connectivity index (χ2n) is 6.11. The average molecular weight is 396 g/mol. The van der Waals surface area contributed by atoms with Gasteiger partial charge in [0.25, 0.3) is 0 Å². The molecule has 0 fully saturated rings. The van der Waals surface area contributed by atoms with E-state index in [1.54, 1.807) is 12.1 Å². The van der Waals surface area contributed by atoms with Crippen LogP contribution >= 0.6 is 11.3 Å². The molecule has 0 aliphatic rings. The number of carbonyl (C=O) groups excluding carboxylic acids is 1. The number of carbonyl (C=O) groups is 1. The fourth-order valence-electron chi connectivity index (χ4n) is 2.41. The molecular weight excluding hydrogens is 370 g/mol. The Bertz CT molecular complexity index is 804. The molecule has 2 rings (SSSR count). The standard InChI is InChI=1S/C18H25N3O3S2/c1-15(22)19-13-17-9-10-18(25-17)26(23,24)20-11-6-12-21(2)14-16-7-4-3-5-8-16/h3-5,7-10,20H,6,11-14H2,1-2H3,(H,19,22). The summed E-state index contributed by atoms with van der Waals surface area (Å²) < 4.78 is 27.6. The number of nitrogens with one attached hydrogen (secondary N) is 2. The summed E-state index contributed by atoms with van der Waals surface area (Å²) in [5.41, 5.74) is 1.24. The number of hydrogen-bond donors (Lipinski definition) is 2. The lowest BCUT2D eigenvalue weighted by atomic mass is 10.2. The van der Waals surface area contributed by atoms with Crippen LogP contribution in [0.5, 0.6) is 0 Å². The summed E-state index contributed by atoms with van der Waals surface area (Å²) in [6.45, 7) is 3.81. The van der Waals surface area contributed by atoms with E-state index in [9.17, 15) is 13.2 Å². The molecule has 0 unspecified atom stereocenters. The normalized spacial score (nSPS) is 11.7. The van der Waals surface area contributed by atoms with Gasteiger partial charge in [0.15, 0.2) is 0 Å². The van der Waals surface area contributed by atoms with Gasteiger partial charge >= 0.3 is 0 Å². The number of rotatable bonds is 10. The molecule has 2 N–H and O–H groups in total. The maximum atomic E-state index is 12.3. The summed E-state index contributed by atoms with van der Waals surface area (Å²) in [7, 11) is -1.47. The fourth-order valence-corrected chi connectivity index (χ4v) is 4.82. The molecule has 1 aromatic carbocycles. The van der Waals surface area contributed by atoms with Crippen LogP contribution in [0.25, 0.3) is 0 Å². The molecule has 8 heteroatoms. The van der Waals surface area contributed by atoms with E-state index in [4.69, 9.17) is 0 Å². The van der Waals surface area contributed by atoms with Gasteiger partial charge in [-0.05, 0) is 37.7 Å². The average Bonchev–Trinajstić information content (AvgIpc) is 3.08. The van der Waals surface area contributed by atoms with Gasteiger partial charge in [-0.2, -0.15) is 0 Å². The van der Waals surface area contributed by atoms with Gasteiger partial charge in [-0.1, -0.05) is 30.3 Å². The maximum Gasteiger partial charge on any atom is 0.250 e. The zero-order valence-corrected chi connectivity index (χ0v) is 16.7. The van der Waals surface area contributed by atoms with Crippen molar-refractivity contribution in [2.45, 2.75) is 30.6 Å². The van der Waals surface area contributed by atoms with Crippen molar-refractivity contribution in [2.75, 3.05) is 20.1 Å². The molecule has 0 bridgehead atoms. The molecule has 0 spiro atoms. The third-order valence-electron chi connectivity index (χ3n) is 3.72. The maximum absolute atomic E-state index is 12.3. The molecule has 2 aromatic rings. The Morgan fingerprint density at radius 3 is 2.58 bits per heavy atom. The van der Waals surface area contributed by atoms with Crippen molar-refractivity contribution in [1.29, 1.82) is 0 Å². The predicted molar refractivity (Wildman–Crippen MR) is 104 cm³/mol. The molecule has 1 amide bonds. The topological polar surface area (TPSA) is 78.5 Å². The van der Waals surface area contributed by atoms with Gasteiger partial charge in [0, 0.05) is 24.9 Å². The number of nitrogens with zero attached hydrogens (tertiary/aromatic N) is 1. The summed E-state index contributed by atoms with van der Waals surface area (Å²) in [5, 5.41) is 2.66. The molecule has 1 aromatic heterocycles. The highest BCUT2D eigenvalue weighted by Gasteiger charge is 2.16. The van der Waals surface area contributed by atoms with Gasteiger partial charge in [-0.3, -0.25) is 4.79 Å². The minimum Gasteiger partial charge on any atom is -0.351 e. The van der Waals surface area contributed by atoms with E-state index < -0.39 is 10.0 Å². The Morgan fingerprint density at radius 1 is 1.15 bits per heavy atom. The molecular formula is C18H25N3O3S2. The van der Waals surface area contributed by atoms with E-state index in [0.717, 1.165) is 24.4 Å². The second kappa shape index (κ2) is 9.82. The SMILES string of the molecule is CC(=O)NCc1ccc(S(=O)(=O)NCCCN(C)Cc2ccccc2)s1. The van der Waals surface area contributed by atoms with Crippen LogP contribution in [-0.2, 0) is 27.9 Å². The summed E-state index contributed by atoms with van der Waals surface area (Å²) in [6.07, 6.45) is 0.729. The highest BCUT2D eigenvalue weighted by Crippen LogP contribution is 2.21. The number of sulfonamides is 1. The van der Waals surface area contributed by atoms with Crippen molar-refractivity contribution >= 4 is 27.3 Å². The van der Waals surface area contributed by atoms with E-state index >= 15 is 0 Å². The smallest absolute Gasteiger partial charge is 0.250 e. The Morgan fingerprint density at radius 2 is 1.88 bits per heavy atom. The second-order valence-corrected chi connectivity index (χ2v) is 9.27. The van der Waals surface area contributed by atoms with E-state index in [1.165, 1.54) is 23.8 Å². The number of hydrogen-bond acceptors (Lipinski definition) is 5. The molecule has 142 valence electrons. The van der Waals surface area contributed by atoms with Crippen LogP contribution in [0.4, 0.5) is 0 Å². The lowest BCUT2D eigenvalue weighted by molar-refractivity contribution is -0.119. The first-order chi connectivity index (χ1) is 12.4. The largest absolute Gasteiger partial charge is 0.351 e. The molecule has 0 saturated carbocycles. The first kappa shape index (κ1) is 20.6. The van der Waals surface area contributed by atoms with Crippen LogP contribution in [-0.4, -0.2) is 39.4 Å². The van der Waals surface area contributed by atoms with Crippen LogP contribution in [0.1, 0.15) is 23.8 Å². The molecule has 0 radical (unpaired) electrons. The number of thiophene rings is 1. The van der Waals surface area contributed by atoms with Crippen molar-refractivity contribution in [1.82, 2.24) is 14.9 Å².